The number of piperazine rings is 1. The second-order valence-corrected chi connectivity index (χ2v) is 6.88. The predicted octanol–water partition coefficient (Wildman–Crippen LogP) is 1.64. The van der Waals surface area contributed by atoms with Gasteiger partial charge in [0.15, 0.2) is 0 Å². The van der Waals surface area contributed by atoms with Crippen LogP contribution in [0.1, 0.15) is 5.69 Å². The minimum Gasteiger partial charge on any atom is -0.495 e. The van der Waals surface area contributed by atoms with Crippen molar-refractivity contribution in [2.45, 2.75) is 6.54 Å². The average Bonchev–Trinajstić information content (AvgIpc) is 2.75. The lowest BCUT2D eigenvalue weighted by Crippen LogP contribution is -2.46. The molecule has 7 nitrogen and oxygen atoms in total. The van der Waals surface area contributed by atoms with Crippen molar-refractivity contribution in [3.8, 4) is 5.75 Å². The molecule has 7 heteroatoms. The smallest absolute Gasteiger partial charge is 0.225 e. The van der Waals surface area contributed by atoms with Crippen molar-refractivity contribution in [1.29, 1.82) is 0 Å². The lowest BCUT2D eigenvalue weighted by molar-refractivity contribution is 0.122. The van der Waals surface area contributed by atoms with E-state index in [1.165, 1.54) is 5.69 Å². The largest absolute Gasteiger partial charge is 0.495 e. The summed E-state index contributed by atoms with van der Waals surface area (Å²) in [6, 6.07) is 10.3. The van der Waals surface area contributed by atoms with Crippen molar-refractivity contribution in [3.05, 3.63) is 42.2 Å². The molecule has 0 bridgehead atoms. The molecule has 0 atom stereocenters. The highest BCUT2D eigenvalue weighted by Crippen LogP contribution is 2.28. The molecular formula is C20H27N5O2. The molecule has 0 N–H and O–H groups in total. The first-order chi connectivity index (χ1) is 13.3. The number of benzene rings is 1. The van der Waals surface area contributed by atoms with Crippen molar-refractivity contribution in [2.24, 2.45) is 0 Å². The molecule has 2 saturated heterocycles. The normalized spacial score (nSPS) is 18.6. The van der Waals surface area contributed by atoms with Gasteiger partial charge in [0, 0.05) is 52.0 Å². The highest BCUT2D eigenvalue weighted by Gasteiger charge is 2.20. The van der Waals surface area contributed by atoms with Crippen LogP contribution in [0.3, 0.4) is 0 Å². The second kappa shape index (κ2) is 8.54. The van der Waals surface area contributed by atoms with Crippen molar-refractivity contribution < 1.29 is 9.47 Å². The lowest BCUT2D eigenvalue weighted by Gasteiger charge is -2.36. The number of ether oxygens (including phenoxy) is 2. The number of morpholine rings is 1. The predicted molar refractivity (Wildman–Crippen MR) is 106 cm³/mol. The zero-order valence-electron chi connectivity index (χ0n) is 15.9. The fourth-order valence-corrected chi connectivity index (χ4v) is 3.66. The summed E-state index contributed by atoms with van der Waals surface area (Å²) in [6.07, 6.45) is 1.87. The molecule has 1 aromatic carbocycles. The lowest BCUT2D eigenvalue weighted by atomic mass is 10.2. The number of nitrogens with zero attached hydrogens (tertiary/aromatic N) is 5. The molecule has 0 radical (unpaired) electrons. The van der Waals surface area contributed by atoms with Gasteiger partial charge in [-0.1, -0.05) is 12.1 Å². The van der Waals surface area contributed by atoms with Crippen LogP contribution in [-0.2, 0) is 11.3 Å². The molecule has 2 fully saturated rings. The van der Waals surface area contributed by atoms with Crippen LogP contribution in [0, 0.1) is 0 Å². The first-order valence-electron chi connectivity index (χ1n) is 9.58. The van der Waals surface area contributed by atoms with E-state index in [0.29, 0.717) is 0 Å². The number of hydrogen-bond donors (Lipinski definition) is 0. The van der Waals surface area contributed by atoms with E-state index in [9.17, 15) is 0 Å². The van der Waals surface area contributed by atoms with E-state index in [4.69, 9.17) is 14.5 Å². The van der Waals surface area contributed by atoms with Crippen molar-refractivity contribution >= 4 is 11.6 Å². The summed E-state index contributed by atoms with van der Waals surface area (Å²) in [4.78, 5) is 16.3. The van der Waals surface area contributed by atoms with Gasteiger partial charge in [-0.2, -0.15) is 0 Å². The molecule has 4 rings (SSSR count). The maximum atomic E-state index is 5.51. The minimum absolute atomic E-state index is 0.749. The highest BCUT2D eigenvalue weighted by atomic mass is 16.5. The Morgan fingerprint density at radius 3 is 2.52 bits per heavy atom. The molecule has 2 aliphatic rings. The summed E-state index contributed by atoms with van der Waals surface area (Å²) < 4.78 is 10.9. The van der Waals surface area contributed by atoms with Gasteiger partial charge in [-0.15, -0.1) is 0 Å². The molecule has 1 aromatic heterocycles. The first-order valence-corrected chi connectivity index (χ1v) is 9.58. The summed E-state index contributed by atoms with van der Waals surface area (Å²) >= 11 is 0. The zero-order chi connectivity index (χ0) is 18.5. The third-order valence-corrected chi connectivity index (χ3v) is 5.18. The van der Waals surface area contributed by atoms with Gasteiger partial charge in [0.2, 0.25) is 5.95 Å². The number of para-hydroxylation sites is 2. The molecule has 27 heavy (non-hydrogen) atoms. The Balaban J connectivity index is 1.35. The van der Waals surface area contributed by atoms with Crippen LogP contribution in [0.2, 0.25) is 0 Å². The second-order valence-electron chi connectivity index (χ2n) is 6.88. The fraction of sp³-hybridized carbons (Fsp3) is 0.500. The summed E-state index contributed by atoms with van der Waals surface area (Å²) in [5.74, 6) is 1.76. The summed E-state index contributed by atoms with van der Waals surface area (Å²) in [5, 5.41) is 0. The Labute approximate surface area is 160 Å². The van der Waals surface area contributed by atoms with Gasteiger partial charge in [0.25, 0.3) is 0 Å². The molecule has 3 heterocycles. The standard InChI is InChI=1S/C20H27N5O2/c1-26-19-5-3-2-4-18(19)24-10-8-23(9-11-24)16-17-6-7-21-20(22-17)25-12-14-27-15-13-25/h2-7H,8-16H2,1H3. The zero-order valence-corrected chi connectivity index (χ0v) is 15.9. The van der Waals surface area contributed by atoms with Crippen LogP contribution in [-0.4, -0.2) is 74.5 Å². The Bertz CT molecular complexity index is 743. The molecule has 2 aliphatic heterocycles. The van der Waals surface area contributed by atoms with E-state index in [-0.39, 0.29) is 0 Å². The number of hydrogen-bond acceptors (Lipinski definition) is 7. The summed E-state index contributed by atoms with van der Waals surface area (Å²) in [7, 11) is 1.73. The molecule has 0 saturated carbocycles. The van der Waals surface area contributed by atoms with Crippen LogP contribution < -0.4 is 14.5 Å². The fourth-order valence-electron chi connectivity index (χ4n) is 3.66. The van der Waals surface area contributed by atoms with Gasteiger partial charge < -0.3 is 19.3 Å². The van der Waals surface area contributed by atoms with Gasteiger partial charge in [-0.25, -0.2) is 9.97 Å². The van der Waals surface area contributed by atoms with E-state index in [0.717, 1.165) is 76.4 Å². The molecular weight excluding hydrogens is 342 g/mol. The van der Waals surface area contributed by atoms with Gasteiger partial charge in [-0.3, -0.25) is 4.90 Å². The molecule has 0 spiro atoms. The Morgan fingerprint density at radius 1 is 0.963 bits per heavy atom. The molecule has 0 unspecified atom stereocenters. The van der Waals surface area contributed by atoms with Gasteiger partial charge >= 0.3 is 0 Å². The monoisotopic (exact) mass is 369 g/mol. The van der Waals surface area contributed by atoms with Gasteiger partial charge in [0.05, 0.1) is 31.7 Å². The van der Waals surface area contributed by atoms with Crippen molar-refractivity contribution in [1.82, 2.24) is 14.9 Å². The Morgan fingerprint density at radius 2 is 1.74 bits per heavy atom. The number of rotatable bonds is 5. The first kappa shape index (κ1) is 18.0. The van der Waals surface area contributed by atoms with Gasteiger partial charge in [0.1, 0.15) is 5.75 Å². The number of anilines is 2. The average molecular weight is 369 g/mol. The molecule has 144 valence electrons. The SMILES string of the molecule is COc1ccccc1N1CCN(Cc2ccnc(N3CCOCC3)n2)CC1. The molecule has 0 amide bonds. The maximum absolute atomic E-state index is 5.51. The van der Waals surface area contributed by atoms with E-state index in [1.807, 2.05) is 24.4 Å². The van der Waals surface area contributed by atoms with Crippen LogP contribution in [0.4, 0.5) is 11.6 Å². The summed E-state index contributed by atoms with van der Waals surface area (Å²) in [6.45, 7) is 8.08. The third-order valence-electron chi connectivity index (χ3n) is 5.18. The van der Waals surface area contributed by atoms with E-state index in [1.54, 1.807) is 7.11 Å². The van der Waals surface area contributed by atoms with Crippen LogP contribution >= 0.6 is 0 Å². The Hall–Kier alpha value is -2.38. The van der Waals surface area contributed by atoms with Crippen LogP contribution in [0.25, 0.3) is 0 Å². The van der Waals surface area contributed by atoms with E-state index in [2.05, 4.69) is 31.8 Å². The van der Waals surface area contributed by atoms with Crippen molar-refractivity contribution in [2.75, 3.05) is 69.4 Å². The minimum atomic E-state index is 0.749. The number of aromatic nitrogens is 2. The van der Waals surface area contributed by atoms with Crippen LogP contribution in [0.5, 0.6) is 5.75 Å². The summed E-state index contributed by atoms with van der Waals surface area (Å²) in [5.41, 5.74) is 2.26. The molecule has 0 aliphatic carbocycles. The van der Waals surface area contributed by atoms with Crippen molar-refractivity contribution in [3.63, 3.8) is 0 Å². The van der Waals surface area contributed by atoms with E-state index >= 15 is 0 Å². The maximum Gasteiger partial charge on any atom is 0.225 e. The number of methoxy groups -OCH3 is 1. The Kier molecular flexibility index (Phi) is 5.69. The molecule has 2 aromatic rings. The quantitative estimate of drug-likeness (QED) is 0.794. The van der Waals surface area contributed by atoms with Crippen LogP contribution in [0.15, 0.2) is 36.5 Å². The van der Waals surface area contributed by atoms with E-state index < -0.39 is 0 Å². The topological polar surface area (TPSA) is 54.0 Å². The highest BCUT2D eigenvalue weighted by molar-refractivity contribution is 5.58. The van der Waals surface area contributed by atoms with Gasteiger partial charge in [-0.05, 0) is 18.2 Å². The third kappa shape index (κ3) is 4.31.